The molecule has 0 spiro atoms. The lowest BCUT2D eigenvalue weighted by Gasteiger charge is -2.32. The first kappa shape index (κ1) is 14.3. The van der Waals surface area contributed by atoms with Crippen molar-refractivity contribution in [1.29, 1.82) is 0 Å². The molecule has 6 heteroatoms. The normalized spacial score (nSPS) is 19.4. The summed E-state index contributed by atoms with van der Waals surface area (Å²) in [5, 5.41) is 3.49. The molecule has 1 aliphatic carbocycles. The van der Waals surface area contributed by atoms with Crippen LogP contribution in [0.4, 0.5) is 0 Å². The average Bonchev–Trinajstić information content (AvgIpc) is 3.32. The molecule has 21 heavy (non-hydrogen) atoms. The van der Waals surface area contributed by atoms with E-state index in [4.69, 9.17) is 11.6 Å². The Bertz CT molecular complexity index is 534. The summed E-state index contributed by atoms with van der Waals surface area (Å²) < 4.78 is 0. The molecular weight excluding hydrogens is 290 g/mol. The molecule has 5 nitrogen and oxygen atoms in total. The lowest BCUT2D eigenvalue weighted by molar-refractivity contribution is -0.133. The van der Waals surface area contributed by atoms with Crippen LogP contribution >= 0.6 is 11.6 Å². The van der Waals surface area contributed by atoms with E-state index in [1.807, 2.05) is 4.90 Å². The fourth-order valence-corrected chi connectivity index (χ4v) is 2.71. The van der Waals surface area contributed by atoms with E-state index >= 15 is 0 Å². The van der Waals surface area contributed by atoms with E-state index in [1.165, 1.54) is 6.20 Å². The number of carbonyl (C=O) groups is 2. The molecule has 1 saturated heterocycles. The standard InChI is InChI=1S/C15H18ClN3O2/c16-11-3-4-13(17-9-11)14(20)18-12-5-7-19(8-6-12)15(21)10-1-2-10/h3-4,9-10,12H,1-2,5-8H2,(H,18,20). The fourth-order valence-electron chi connectivity index (χ4n) is 2.60. The van der Waals surface area contributed by atoms with Gasteiger partial charge >= 0.3 is 0 Å². The van der Waals surface area contributed by atoms with E-state index in [-0.39, 0.29) is 17.9 Å². The number of hydrogen-bond acceptors (Lipinski definition) is 3. The molecular formula is C15H18ClN3O2. The lowest BCUT2D eigenvalue weighted by atomic mass is 10.0. The summed E-state index contributed by atoms with van der Waals surface area (Å²) in [6.45, 7) is 1.46. The van der Waals surface area contributed by atoms with Crippen molar-refractivity contribution in [3.05, 3.63) is 29.0 Å². The first-order valence-corrected chi connectivity index (χ1v) is 7.72. The Hall–Kier alpha value is -1.62. The minimum absolute atomic E-state index is 0.109. The summed E-state index contributed by atoms with van der Waals surface area (Å²) >= 11 is 5.75. The highest BCUT2D eigenvalue weighted by molar-refractivity contribution is 6.30. The van der Waals surface area contributed by atoms with E-state index in [1.54, 1.807) is 12.1 Å². The van der Waals surface area contributed by atoms with Gasteiger partial charge in [0.15, 0.2) is 0 Å². The average molecular weight is 308 g/mol. The second-order valence-electron chi connectivity index (χ2n) is 5.71. The number of pyridine rings is 1. The van der Waals surface area contributed by atoms with Gasteiger partial charge in [0.2, 0.25) is 5.91 Å². The Morgan fingerprint density at radius 3 is 2.48 bits per heavy atom. The molecule has 0 radical (unpaired) electrons. The molecule has 1 N–H and O–H groups in total. The van der Waals surface area contributed by atoms with Crippen molar-refractivity contribution in [1.82, 2.24) is 15.2 Å². The molecule has 2 heterocycles. The molecule has 1 aromatic heterocycles. The van der Waals surface area contributed by atoms with Crippen molar-refractivity contribution in [2.24, 2.45) is 5.92 Å². The molecule has 2 aliphatic rings. The summed E-state index contributed by atoms with van der Waals surface area (Å²) in [7, 11) is 0. The van der Waals surface area contributed by atoms with Gasteiger partial charge in [-0.1, -0.05) is 11.6 Å². The topological polar surface area (TPSA) is 62.3 Å². The maximum atomic E-state index is 12.1. The van der Waals surface area contributed by atoms with E-state index in [9.17, 15) is 9.59 Å². The largest absolute Gasteiger partial charge is 0.348 e. The minimum Gasteiger partial charge on any atom is -0.348 e. The third-order valence-electron chi connectivity index (χ3n) is 4.03. The van der Waals surface area contributed by atoms with Gasteiger partial charge in [0, 0.05) is 31.2 Å². The summed E-state index contributed by atoms with van der Waals surface area (Å²) in [4.78, 5) is 30.0. The highest BCUT2D eigenvalue weighted by atomic mass is 35.5. The number of likely N-dealkylation sites (tertiary alicyclic amines) is 1. The van der Waals surface area contributed by atoms with Crippen LogP contribution in [0, 0.1) is 5.92 Å². The molecule has 1 saturated carbocycles. The number of rotatable bonds is 3. The second-order valence-corrected chi connectivity index (χ2v) is 6.15. The van der Waals surface area contributed by atoms with Crippen LogP contribution in [0.15, 0.2) is 18.3 Å². The molecule has 3 rings (SSSR count). The van der Waals surface area contributed by atoms with Crippen LogP contribution in [-0.2, 0) is 4.79 Å². The van der Waals surface area contributed by atoms with Crippen LogP contribution in [0.25, 0.3) is 0 Å². The monoisotopic (exact) mass is 307 g/mol. The summed E-state index contributed by atoms with van der Waals surface area (Å²) in [6.07, 6.45) is 5.15. The molecule has 2 amide bonds. The first-order chi connectivity index (χ1) is 10.1. The Morgan fingerprint density at radius 1 is 1.19 bits per heavy atom. The quantitative estimate of drug-likeness (QED) is 0.927. The van der Waals surface area contributed by atoms with E-state index in [0.29, 0.717) is 16.6 Å². The molecule has 0 bridgehead atoms. The van der Waals surface area contributed by atoms with Crippen molar-refractivity contribution in [2.45, 2.75) is 31.7 Å². The summed E-state index contributed by atoms with van der Waals surface area (Å²) in [5.74, 6) is 0.382. The maximum Gasteiger partial charge on any atom is 0.270 e. The number of nitrogens with zero attached hydrogens (tertiary/aromatic N) is 2. The van der Waals surface area contributed by atoms with Crippen LogP contribution in [0.2, 0.25) is 5.02 Å². The number of hydrogen-bond donors (Lipinski definition) is 1. The molecule has 1 aromatic rings. The third-order valence-corrected chi connectivity index (χ3v) is 4.25. The summed E-state index contributed by atoms with van der Waals surface area (Å²) in [6, 6.07) is 3.38. The highest BCUT2D eigenvalue weighted by Crippen LogP contribution is 2.31. The molecule has 112 valence electrons. The zero-order valence-electron chi connectivity index (χ0n) is 11.7. The Morgan fingerprint density at radius 2 is 1.90 bits per heavy atom. The number of carbonyl (C=O) groups excluding carboxylic acids is 2. The second kappa shape index (κ2) is 6.02. The molecule has 2 fully saturated rings. The fraction of sp³-hybridized carbons (Fsp3) is 0.533. The lowest BCUT2D eigenvalue weighted by Crippen LogP contribution is -2.47. The third kappa shape index (κ3) is 3.53. The zero-order valence-corrected chi connectivity index (χ0v) is 12.5. The van der Waals surface area contributed by atoms with Gasteiger partial charge in [-0.2, -0.15) is 0 Å². The zero-order chi connectivity index (χ0) is 14.8. The molecule has 0 aromatic carbocycles. The van der Waals surface area contributed by atoms with Crippen LogP contribution in [0.5, 0.6) is 0 Å². The van der Waals surface area contributed by atoms with Crippen molar-refractivity contribution in [2.75, 3.05) is 13.1 Å². The van der Waals surface area contributed by atoms with Crippen LogP contribution in [0.3, 0.4) is 0 Å². The molecule has 1 aliphatic heterocycles. The molecule has 0 atom stereocenters. The number of halogens is 1. The van der Waals surface area contributed by atoms with Gasteiger partial charge in [0.05, 0.1) is 5.02 Å². The number of piperidine rings is 1. The van der Waals surface area contributed by atoms with E-state index in [0.717, 1.165) is 38.8 Å². The van der Waals surface area contributed by atoms with Gasteiger partial charge in [-0.3, -0.25) is 9.59 Å². The van der Waals surface area contributed by atoms with Crippen LogP contribution in [-0.4, -0.2) is 40.8 Å². The minimum atomic E-state index is -0.182. The van der Waals surface area contributed by atoms with Crippen molar-refractivity contribution in [3.8, 4) is 0 Å². The van der Waals surface area contributed by atoms with Gasteiger partial charge in [-0.25, -0.2) is 4.98 Å². The summed E-state index contributed by atoms with van der Waals surface area (Å²) in [5.41, 5.74) is 0.371. The Labute approximate surface area is 128 Å². The number of aromatic nitrogens is 1. The smallest absolute Gasteiger partial charge is 0.270 e. The predicted octanol–water partition coefficient (Wildman–Crippen LogP) is 1.87. The van der Waals surface area contributed by atoms with Crippen molar-refractivity contribution in [3.63, 3.8) is 0 Å². The number of nitrogens with one attached hydrogen (secondary N) is 1. The van der Waals surface area contributed by atoms with Gasteiger partial charge in [-0.05, 0) is 37.8 Å². The highest BCUT2D eigenvalue weighted by Gasteiger charge is 2.35. The predicted molar refractivity (Wildman–Crippen MR) is 79.0 cm³/mol. The van der Waals surface area contributed by atoms with Crippen molar-refractivity contribution >= 4 is 23.4 Å². The van der Waals surface area contributed by atoms with Crippen LogP contribution in [0.1, 0.15) is 36.2 Å². The van der Waals surface area contributed by atoms with Gasteiger partial charge < -0.3 is 10.2 Å². The first-order valence-electron chi connectivity index (χ1n) is 7.34. The SMILES string of the molecule is O=C(NC1CCN(C(=O)C2CC2)CC1)c1ccc(Cl)cn1. The maximum absolute atomic E-state index is 12.1. The Kier molecular flexibility index (Phi) is 4.10. The van der Waals surface area contributed by atoms with Crippen molar-refractivity contribution < 1.29 is 9.59 Å². The van der Waals surface area contributed by atoms with Gasteiger partial charge in [0.1, 0.15) is 5.69 Å². The van der Waals surface area contributed by atoms with E-state index < -0.39 is 0 Å². The van der Waals surface area contributed by atoms with Gasteiger partial charge in [0.25, 0.3) is 5.91 Å². The van der Waals surface area contributed by atoms with E-state index in [2.05, 4.69) is 10.3 Å². The van der Waals surface area contributed by atoms with Gasteiger partial charge in [-0.15, -0.1) is 0 Å². The van der Waals surface area contributed by atoms with Crippen LogP contribution < -0.4 is 5.32 Å². The molecule has 0 unspecified atom stereocenters. The Balaban J connectivity index is 1.49. The number of amides is 2.